The summed E-state index contributed by atoms with van der Waals surface area (Å²) in [6, 6.07) is 6.74. The fourth-order valence-corrected chi connectivity index (χ4v) is 2.02. The number of hydrogen-bond donors (Lipinski definition) is 2. The third kappa shape index (κ3) is 7.08. The summed E-state index contributed by atoms with van der Waals surface area (Å²) in [6.07, 6.45) is 1.73. The summed E-state index contributed by atoms with van der Waals surface area (Å²) in [7, 11) is 1.68. The Balaban J connectivity index is 2.24. The maximum atomic E-state index is 12.8. The minimum Gasteiger partial charge on any atom is -0.385 e. The SMILES string of the molecule is COCCCNC(=S)NC(C)Cc1ccc(F)cc1. The van der Waals surface area contributed by atoms with Gasteiger partial charge in [-0.05, 0) is 49.7 Å². The highest BCUT2D eigenvalue weighted by atomic mass is 32.1. The van der Waals surface area contributed by atoms with Crippen LogP contribution in [0.15, 0.2) is 24.3 Å². The van der Waals surface area contributed by atoms with Gasteiger partial charge in [-0.15, -0.1) is 0 Å². The molecule has 0 aliphatic rings. The molecule has 0 saturated carbocycles. The molecule has 1 aromatic rings. The normalized spacial score (nSPS) is 11.9. The number of nitrogens with one attached hydrogen (secondary N) is 2. The quantitative estimate of drug-likeness (QED) is 0.594. The average Bonchev–Trinajstić information content (AvgIpc) is 2.37. The van der Waals surface area contributed by atoms with Gasteiger partial charge in [-0.1, -0.05) is 12.1 Å². The zero-order valence-corrected chi connectivity index (χ0v) is 12.2. The molecular weight excluding hydrogens is 263 g/mol. The Bertz CT molecular complexity index is 384. The first kappa shape index (κ1) is 15.9. The average molecular weight is 284 g/mol. The second-order valence-corrected chi connectivity index (χ2v) is 4.89. The van der Waals surface area contributed by atoms with Crippen molar-refractivity contribution in [1.82, 2.24) is 10.6 Å². The molecule has 0 radical (unpaired) electrons. The first-order valence-electron chi connectivity index (χ1n) is 6.39. The van der Waals surface area contributed by atoms with Gasteiger partial charge in [0.1, 0.15) is 5.82 Å². The third-order valence-electron chi connectivity index (χ3n) is 2.64. The highest BCUT2D eigenvalue weighted by molar-refractivity contribution is 7.80. The van der Waals surface area contributed by atoms with E-state index in [1.807, 2.05) is 6.92 Å². The zero-order chi connectivity index (χ0) is 14.1. The first-order valence-corrected chi connectivity index (χ1v) is 6.80. The largest absolute Gasteiger partial charge is 0.385 e. The summed E-state index contributed by atoms with van der Waals surface area (Å²) in [5.41, 5.74) is 1.09. The van der Waals surface area contributed by atoms with Crippen LogP contribution < -0.4 is 10.6 Å². The lowest BCUT2D eigenvalue weighted by atomic mass is 10.1. The minimum atomic E-state index is -0.209. The minimum absolute atomic E-state index is 0.202. The molecule has 0 amide bonds. The van der Waals surface area contributed by atoms with Crippen molar-refractivity contribution in [1.29, 1.82) is 0 Å². The molecule has 0 aromatic heterocycles. The zero-order valence-electron chi connectivity index (χ0n) is 11.4. The van der Waals surface area contributed by atoms with Gasteiger partial charge in [0.05, 0.1) is 0 Å². The number of ether oxygens (including phenoxy) is 1. The molecule has 0 aliphatic carbocycles. The second-order valence-electron chi connectivity index (χ2n) is 4.48. The number of rotatable bonds is 7. The molecule has 1 aromatic carbocycles. The Kier molecular flexibility index (Phi) is 7.36. The Labute approximate surface area is 119 Å². The van der Waals surface area contributed by atoms with Crippen molar-refractivity contribution in [2.24, 2.45) is 0 Å². The van der Waals surface area contributed by atoms with Gasteiger partial charge in [0.2, 0.25) is 0 Å². The molecule has 1 unspecified atom stereocenters. The van der Waals surface area contributed by atoms with E-state index in [-0.39, 0.29) is 11.9 Å². The van der Waals surface area contributed by atoms with E-state index in [0.29, 0.717) is 5.11 Å². The Morgan fingerprint density at radius 3 is 2.68 bits per heavy atom. The smallest absolute Gasteiger partial charge is 0.166 e. The van der Waals surface area contributed by atoms with Gasteiger partial charge in [-0.25, -0.2) is 4.39 Å². The Morgan fingerprint density at radius 1 is 1.37 bits per heavy atom. The van der Waals surface area contributed by atoms with E-state index in [2.05, 4.69) is 10.6 Å². The van der Waals surface area contributed by atoms with E-state index in [4.69, 9.17) is 17.0 Å². The van der Waals surface area contributed by atoms with E-state index in [1.165, 1.54) is 12.1 Å². The summed E-state index contributed by atoms with van der Waals surface area (Å²) < 4.78 is 17.7. The molecule has 0 spiro atoms. The summed E-state index contributed by atoms with van der Waals surface area (Å²) in [5.74, 6) is -0.209. The summed E-state index contributed by atoms with van der Waals surface area (Å²) in [6.45, 7) is 3.57. The van der Waals surface area contributed by atoms with Crippen LogP contribution in [0.1, 0.15) is 18.9 Å². The summed E-state index contributed by atoms with van der Waals surface area (Å²) >= 11 is 5.19. The van der Waals surface area contributed by atoms with E-state index < -0.39 is 0 Å². The lowest BCUT2D eigenvalue weighted by Crippen LogP contribution is -2.41. The van der Waals surface area contributed by atoms with Gasteiger partial charge in [-0.2, -0.15) is 0 Å². The van der Waals surface area contributed by atoms with Crippen LogP contribution >= 0.6 is 12.2 Å². The Hall–Kier alpha value is -1.20. The van der Waals surface area contributed by atoms with E-state index in [0.717, 1.165) is 31.6 Å². The van der Waals surface area contributed by atoms with Crippen LogP contribution in [0, 0.1) is 5.82 Å². The predicted octanol–water partition coefficient (Wildman–Crippen LogP) is 2.26. The van der Waals surface area contributed by atoms with Crippen molar-refractivity contribution < 1.29 is 9.13 Å². The maximum absolute atomic E-state index is 12.8. The van der Waals surface area contributed by atoms with Gasteiger partial charge >= 0.3 is 0 Å². The molecule has 5 heteroatoms. The standard InChI is InChI=1S/C14H21FN2OS/c1-11(10-12-4-6-13(15)7-5-12)17-14(19)16-8-3-9-18-2/h4-7,11H,3,8-10H2,1-2H3,(H2,16,17,19). The van der Waals surface area contributed by atoms with Gasteiger partial charge in [0.25, 0.3) is 0 Å². The van der Waals surface area contributed by atoms with Crippen molar-refractivity contribution in [2.45, 2.75) is 25.8 Å². The van der Waals surface area contributed by atoms with Crippen LogP contribution in [-0.4, -0.2) is 31.4 Å². The van der Waals surface area contributed by atoms with Crippen molar-refractivity contribution in [2.75, 3.05) is 20.3 Å². The van der Waals surface area contributed by atoms with E-state index >= 15 is 0 Å². The molecular formula is C14H21FN2OS. The van der Waals surface area contributed by atoms with Gasteiger partial charge in [0, 0.05) is 26.3 Å². The fourth-order valence-electron chi connectivity index (χ4n) is 1.72. The fraction of sp³-hybridized carbons (Fsp3) is 0.500. The molecule has 0 fully saturated rings. The number of hydrogen-bond acceptors (Lipinski definition) is 2. The van der Waals surface area contributed by atoms with E-state index in [9.17, 15) is 4.39 Å². The van der Waals surface area contributed by atoms with Crippen molar-refractivity contribution in [3.8, 4) is 0 Å². The van der Waals surface area contributed by atoms with Crippen LogP contribution in [0.3, 0.4) is 0 Å². The lowest BCUT2D eigenvalue weighted by molar-refractivity contribution is 0.195. The van der Waals surface area contributed by atoms with Crippen molar-refractivity contribution in [3.05, 3.63) is 35.6 Å². The van der Waals surface area contributed by atoms with Gasteiger partial charge in [0.15, 0.2) is 5.11 Å². The number of thiocarbonyl (C=S) groups is 1. The number of benzene rings is 1. The highest BCUT2D eigenvalue weighted by Crippen LogP contribution is 2.05. The molecule has 106 valence electrons. The van der Waals surface area contributed by atoms with Crippen LogP contribution in [0.25, 0.3) is 0 Å². The molecule has 0 heterocycles. The third-order valence-corrected chi connectivity index (χ3v) is 2.91. The maximum Gasteiger partial charge on any atom is 0.166 e. The topological polar surface area (TPSA) is 33.3 Å². The van der Waals surface area contributed by atoms with Gasteiger partial charge in [-0.3, -0.25) is 0 Å². The van der Waals surface area contributed by atoms with Gasteiger partial charge < -0.3 is 15.4 Å². The van der Waals surface area contributed by atoms with Crippen LogP contribution in [0.5, 0.6) is 0 Å². The number of halogens is 1. The number of methoxy groups -OCH3 is 1. The van der Waals surface area contributed by atoms with Crippen LogP contribution in [-0.2, 0) is 11.2 Å². The van der Waals surface area contributed by atoms with Crippen LogP contribution in [0.2, 0.25) is 0 Å². The second kappa shape index (κ2) is 8.82. The van der Waals surface area contributed by atoms with Crippen molar-refractivity contribution in [3.63, 3.8) is 0 Å². The van der Waals surface area contributed by atoms with Crippen molar-refractivity contribution >= 4 is 17.3 Å². The predicted molar refractivity (Wildman–Crippen MR) is 79.8 cm³/mol. The summed E-state index contributed by atoms with van der Waals surface area (Å²) in [5, 5.41) is 6.97. The molecule has 0 aliphatic heterocycles. The molecule has 0 saturated heterocycles. The molecule has 19 heavy (non-hydrogen) atoms. The summed E-state index contributed by atoms with van der Waals surface area (Å²) in [4.78, 5) is 0. The molecule has 1 atom stereocenters. The molecule has 1 rings (SSSR count). The lowest BCUT2D eigenvalue weighted by Gasteiger charge is -2.17. The molecule has 0 bridgehead atoms. The highest BCUT2D eigenvalue weighted by Gasteiger charge is 2.05. The first-order chi connectivity index (χ1) is 9.11. The van der Waals surface area contributed by atoms with E-state index in [1.54, 1.807) is 19.2 Å². The monoisotopic (exact) mass is 284 g/mol. The molecule has 2 N–H and O–H groups in total. The van der Waals surface area contributed by atoms with Crippen LogP contribution in [0.4, 0.5) is 4.39 Å². The molecule has 3 nitrogen and oxygen atoms in total. The Morgan fingerprint density at radius 2 is 2.05 bits per heavy atom.